The SMILES string of the molecule is CC1CC(NCc2ccc(F)cc2)CCC1(C(=O)O)c1ncc2ccsc2n1. The molecule has 0 saturated heterocycles. The first kappa shape index (κ1) is 19.0. The normalized spacial score (nSPS) is 25.1. The van der Waals surface area contributed by atoms with Gasteiger partial charge in [0.05, 0.1) is 0 Å². The number of carboxylic acids is 1. The van der Waals surface area contributed by atoms with Crippen LogP contribution in [-0.4, -0.2) is 27.1 Å². The van der Waals surface area contributed by atoms with Gasteiger partial charge in [-0.3, -0.25) is 4.79 Å². The van der Waals surface area contributed by atoms with Crippen LogP contribution < -0.4 is 5.32 Å². The van der Waals surface area contributed by atoms with E-state index in [2.05, 4.69) is 15.3 Å². The maximum Gasteiger partial charge on any atom is 0.317 e. The molecule has 1 aromatic carbocycles. The van der Waals surface area contributed by atoms with E-state index in [1.54, 1.807) is 18.3 Å². The number of nitrogens with one attached hydrogen (secondary N) is 1. The second kappa shape index (κ2) is 7.56. The minimum atomic E-state index is -1.06. The Morgan fingerprint density at radius 1 is 1.36 bits per heavy atom. The van der Waals surface area contributed by atoms with Crippen molar-refractivity contribution in [1.29, 1.82) is 0 Å². The third kappa shape index (κ3) is 3.40. The van der Waals surface area contributed by atoms with E-state index in [1.807, 2.05) is 18.4 Å². The summed E-state index contributed by atoms with van der Waals surface area (Å²) >= 11 is 1.50. The third-order valence-corrected chi connectivity index (χ3v) is 6.69. The zero-order valence-electron chi connectivity index (χ0n) is 15.6. The Bertz CT molecular complexity index is 991. The van der Waals surface area contributed by atoms with E-state index in [4.69, 9.17) is 0 Å². The number of carbonyl (C=O) groups is 1. The van der Waals surface area contributed by atoms with Crippen molar-refractivity contribution in [3.05, 3.63) is 59.1 Å². The minimum Gasteiger partial charge on any atom is -0.480 e. The molecule has 1 aliphatic rings. The van der Waals surface area contributed by atoms with Gasteiger partial charge in [0, 0.05) is 24.2 Å². The number of hydrogen-bond acceptors (Lipinski definition) is 5. The molecule has 3 unspecified atom stereocenters. The van der Waals surface area contributed by atoms with Gasteiger partial charge in [0.2, 0.25) is 0 Å². The summed E-state index contributed by atoms with van der Waals surface area (Å²) in [6.07, 6.45) is 3.66. The van der Waals surface area contributed by atoms with Gasteiger partial charge < -0.3 is 10.4 Å². The second-order valence-electron chi connectivity index (χ2n) is 7.53. The van der Waals surface area contributed by atoms with E-state index in [0.717, 1.165) is 28.6 Å². The largest absolute Gasteiger partial charge is 0.480 e. The molecule has 4 rings (SSSR count). The molecule has 0 aliphatic heterocycles. The smallest absolute Gasteiger partial charge is 0.317 e. The van der Waals surface area contributed by atoms with Crippen LogP contribution in [0.3, 0.4) is 0 Å². The summed E-state index contributed by atoms with van der Waals surface area (Å²) in [5.74, 6) is -0.793. The molecule has 28 heavy (non-hydrogen) atoms. The summed E-state index contributed by atoms with van der Waals surface area (Å²) in [4.78, 5) is 22.2. The Balaban J connectivity index is 1.51. The van der Waals surface area contributed by atoms with Crippen LogP contribution in [0.5, 0.6) is 0 Å². The first-order valence-corrected chi connectivity index (χ1v) is 10.3. The topological polar surface area (TPSA) is 75.1 Å². The molecule has 5 nitrogen and oxygen atoms in total. The predicted molar refractivity (Wildman–Crippen MR) is 107 cm³/mol. The molecule has 2 heterocycles. The Labute approximate surface area is 166 Å². The molecule has 0 amide bonds. The van der Waals surface area contributed by atoms with E-state index in [0.29, 0.717) is 18.8 Å². The van der Waals surface area contributed by atoms with Crippen molar-refractivity contribution < 1.29 is 14.3 Å². The van der Waals surface area contributed by atoms with Crippen molar-refractivity contribution in [2.75, 3.05) is 0 Å². The molecule has 146 valence electrons. The van der Waals surface area contributed by atoms with Gasteiger partial charge >= 0.3 is 5.97 Å². The number of nitrogens with zero attached hydrogens (tertiary/aromatic N) is 2. The molecule has 0 bridgehead atoms. The van der Waals surface area contributed by atoms with Crippen LogP contribution in [0.4, 0.5) is 4.39 Å². The summed E-state index contributed by atoms with van der Waals surface area (Å²) in [7, 11) is 0. The number of aromatic nitrogens is 2. The molecule has 2 N–H and O–H groups in total. The number of rotatable bonds is 5. The number of fused-ring (bicyclic) bond motifs is 1. The minimum absolute atomic E-state index is 0.109. The lowest BCUT2D eigenvalue weighted by Gasteiger charge is -2.41. The van der Waals surface area contributed by atoms with E-state index in [9.17, 15) is 14.3 Å². The molecule has 1 aliphatic carbocycles. The first-order valence-electron chi connectivity index (χ1n) is 9.41. The van der Waals surface area contributed by atoms with Gasteiger partial charge in [0.1, 0.15) is 21.9 Å². The highest BCUT2D eigenvalue weighted by atomic mass is 32.1. The highest BCUT2D eigenvalue weighted by Gasteiger charge is 2.51. The lowest BCUT2D eigenvalue weighted by Crippen LogP contribution is -2.50. The monoisotopic (exact) mass is 399 g/mol. The molecule has 3 aromatic rings. The average Bonchev–Trinajstić information content (AvgIpc) is 3.15. The highest BCUT2D eigenvalue weighted by molar-refractivity contribution is 7.16. The van der Waals surface area contributed by atoms with Crippen LogP contribution in [-0.2, 0) is 16.8 Å². The van der Waals surface area contributed by atoms with Crippen LogP contribution in [0.15, 0.2) is 41.9 Å². The van der Waals surface area contributed by atoms with Gasteiger partial charge in [0.15, 0.2) is 0 Å². The summed E-state index contributed by atoms with van der Waals surface area (Å²) in [5, 5.41) is 16.5. The Morgan fingerprint density at radius 2 is 2.14 bits per heavy atom. The quantitative estimate of drug-likeness (QED) is 0.675. The average molecular weight is 399 g/mol. The zero-order valence-corrected chi connectivity index (χ0v) is 16.4. The van der Waals surface area contributed by atoms with Crippen molar-refractivity contribution in [1.82, 2.24) is 15.3 Å². The van der Waals surface area contributed by atoms with Gasteiger partial charge in [-0.2, -0.15) is 0 Å². The summed E-state index contributed by atoms with van der Waals surface area (Å²) in [6, 6.07) is 8.58. The number of thiophene rings is 1. The first-order chi connectivity index (χ1) is 13.5. The lowest BCUT2D eigenvalue weighted by atomic mass is 9.65. The fraction of sp³-hybridized carbons (Fsp3) is 0.381. The highest BCUT2D eigenvalue weighted by Crippen LogP contribution is 2.43. The molecular weight excluding hydrogens is 377 g/mol. The van der Waals surface area contributed by atoms with Gasteiger partial charge in [-0.15, -0.1) is 11.3 Å². The van der Waals surface area contributed by atoms with Crippen molar-refractivity contribution in [3.8, 4) is 0 Å². The maximum absolute atomic E-state index is 13.0. The summed E-state index contributed by atoms with van der Waals surface area (Å²) in [6.45, 7) is 2.61. The van der Waals surface area contributed by atoms with Gasteiger partial charge in [-0.05, 0) is 54.3 Å². The summed E-state index contributed by atoms with van der Waals surface area (Å²) in [5.41, 5.74) is -0.0534. The molecule has 0 radical (unpaired) electrons. The van der Waals surface area contributed by atoms with Gasteiger partial charge in [0.25, 0.3) is 0 Å². The second-order valence-corrected chi connectivity index (χ2v) is 8.43. The number of aliphatic carboxylic acids is 1. The van der Waals surface area contributed by atoms with Crippen LogP contribution in [0.25, 0.3) is 10.2 Å². The molecule has 1 saturated carbocycles. The zero-order chi connectivity index (χ0) is 19.7. The molecule has 1 fully saturated rings. The van der Waals surface area contributed by atoms with Crippen molar-refractivity contribution >= 4 is 27.5 Å². The van der Waals surface area contributed by atoms with Gasteiger partial charge in [-0.25, -0.2) is 14.4 Å². The van der Waals surface area contributed by atoms with Crippen molar-refractivity contribution in [2.45, 2.75) is 44.2 Å². The lowest BCUT2D eigenvalue weighted by molar-refractivity contribution is -0.148. The Kier molecular flexibility index (Phi) is 5.12. The third-order valence-electron chi connectivity index (χ3n) is 5.86. The fourth-order valence-electron chi connectivity index (χ4n) is 4.16. The van der Waals surface area contributed by atoms with Crippen molar-refractivity contribution in [3.63, 3.8) is 0 Å². The maximum atomic E-state index is 13.0. The van der Waals surface area contributed by atoms with Crippen molar-refractivity contribution in [2.24, 2.45) is 5.92 Å². The van der Waals surface area contributed by atoms with E-state index in [-0.39, 0.29) is 17.8 Å². The molecule has 3 atom stereocenters. The molecule has 7 heteroatoms. The Hall–Kier alpha value is -2.38. The number of carboxylic acid groups (broad SMARTS) is 1. The number of benzene rings is 1. The summed E-state index contributed by atoms with van der Waals surface area (Å²) < 4.78 is 13.0. The van der Waals surface area contributed by atoms with Crippen LogP contribution >= 0.6 is 11.3 Å². The van der Waals surface area contributed by atoms with Crippen LogP contribution in [0.1, 0.15) is 37.6 Å². The standard InChI is InChI=1S/C21H22FN3O2S/c1-13-10-17(23-11-14-2-4-16(22)5-3-14)6-8-21(13,20(26)27)19-24-12-15-7-9-28-18(15)25-19/h2-5,7,9,12-13,17,23H,6,8,10-11H2,1H3,(H,26,27). The molecular formula is C21H22FN3O2S. The number of hydrogen-bond donors (Lipinski definition) is 2. The predicted octanol–water partition coefficient (Wildman–Crippen LogP) is 4.13. The van der Waals surface area contributed by atoms with Crippen LogP contribution in [0, 0.1) is 11.7 Å². The van der Waals surface area contributed by atoms with E-state index < -0.39 is 11.4 Å². The molecule has 0 spiro atoms. The van der Waals surface area contributed by atoms with E-state index in [1.165, 1.54) is 23.5 Å². The molecule has 2 aromatic heterocycles. The van der Waals surface area contributed by atoms with Gasteiger partial charge in [-0.1, -0.05) is 19.1 Å². The van der Waals surface area contributed by atoms with Crippen LogP contribution in [0.2, 0.25) is 0 Å². The number of halogens is 1. The van der Waals surface area contributed by atoms with E-state index >= 15 is 0 Å². The fourth-order valence-corrected chi connectivity index (χ4v) is 4.90. The Morgan fingerprint density at radius 3 is 2.86 bits per heavy atom.